The van der Waals surface area contributed by atoms with Crippen molar-refractivity contribution >= 4 is 25.3 Å². The van der Waals surface area contributed by atoms with Gasteiger partial charge in [-0.3, -0.25) is 4.79 Å². The lowest BCUT2D eigenvalue weighted by atomic mass is 10.2. The number of carbonyl (C=O) groups excluding carboxylic acids is 1. The van der Waals surface area contributed by atoms with Crippen LogP contribution in [0.3, 0.4) is 0 Å². The van der Waals surface area contributed by atoms with Crippen LogP contribution >= 0.6 is 11.6 Å². The Balaban J connectivity index is 3.87. The van der Waals surface area contributed by atoms with Crippen molar-refractivity contribution in [3.63, 3.8) is 0 Å². The van der Waals surface area contributed by atoms with E-state index in [2.05, 4.69) is 33.9 Å². The zero-order valence-corrected chi connectivity index (χ0v) is 13.0. The van der Waals surface area contributed by atoms with E-state index in [0.29, 0.717) is 13.2 Å². The molecular formula is C11H24ClNO2Si. The Bertz CT molecular complexity index is 239. The predicted molar refractivity (Wildman–Crippen MR) is 71.6 cm³/mol. The van der Waals surface area contributed by atoms with Gasteiger partial charge in [0.05, 0.1) is 0 Å². The summed E-state index contributed by atoms with van der Waals surface area (Å²) in [6, 6.07) is 0. The fourth-order valence-electron chi connectivity index (χ4n) is 0.933. The molecule has 16 heavy (non-hydrogen) atoms. The van der Waals surface area contributed by atoms with Crippen molar-refractivity contribution in [3.8, 4) is 0 Å². The summed E-state index contributed by atoms with van der Waals surface area (Å²) < 4.78 is 5.98. The SMILES string of the molecule is CN(CCCO[Si](C)(C)C(C)(C)C)C(=O)Cl. The third-order valence-corrected chi connectivity index (χ3v) is 8.03. The maximum atomic E-state index is 10.8. The Morgan fingerprint density at radius 2 is 1.88 bits per heavy atom. The molecule has 0 aromatic rings. The molecule has 0 radical (unpaired) electrons. The highest BCUT2D eigenvalue weighted by Crippen LogP contribution is 2.36. The van der Waals surface area contributed by atoms with Gasteiger partial charge in [0.25, 0.3) is 0 Å². The molecule has 0 aromatic carbocycles. The van der Waals surface area contributed by atoms with Crippen molar-refractivity contribution < 1.29 is 9.22 Å². The van der Waals surface area contributed by atoms with Gasteiger partial charge < -0.3 is 9.33 Å². The maximum absolute atomic E-state index is 10.8. The number of hydrogen-bond donors (Lipinski definition) is 0. The minimum Gasteiger partial charge on any atom is -0.417 e. The van der Waals surface area contributed by atoms with Crippen LogP contribution in [0.4, 0.5) is 4.79 Å². The van der Waals surface area contributed by atoms with Crippen LogP contribution in [0.2, 0.25) is 18.1 Å². The van der Waals surface area contributed by atoms with Gasteiger partial charge in [0, 0.05) is 20.2 Å². The molecule has 0 spiro atoms. The summed E-state index contributed by atoms with van der Waals surface area (Å²) in [5, 5.41) is -0.173. The minimum absolute atomic E-state index is 0.237. The molecule has 0 unspecified atom stereocenters. The van der Waals surface area contributed by atoms with Gasteiger partial charge in [-0.15, -0.1) is 0 Å². The Morgan fingerprint density at radius 3 is 2.25 bits per heavy atom. The van der Waals surface area contributed by atoms with Crippen LogP contribution < -0.4 is 0 Å². The Kier molecular flexibility index (Phi) is 6.01. The summed E-state index contributed by atoms with van der Waals surface area (Å²) in [6.45, 7) is 12.4. The normalized spacial score (nSPS) is 12.7. The first-order valence-corrected chi connectivity index (χ1v) is 8.91. The largest absolute Gasteiger partial charge is 0.417 e. The number of carbonyl (C=O) groups is 1. The monoisotopic (exact) mass is 265 g/mol. The highest BCUT2D eigenvalue weighted by molar-refractivity contribution is 6.74. The van der Waals surface area contributed by atoms with E-state index in [0.717, 1.165) is 6.42 Å². The molecule has 0 atom stereocenters. The van der Waals surface area contributed by atoms with E-state index in [9.17, 15) is 4.79 Å². The average Bonchev–Trinajstić information content (AvgIpc) is 2.09. The summed E-state index contributed by atoms with van der Waals surface area (Å²) in [5.41, 5.74) is 0. The zero-order chi connectivity index (χ0) is 13.0. The third kappa shape index (κ3) is 5.32. The molecule has 0 aliphatic carbocycles. The molecule has 1 amide bonds. The number of amides is 1. The summed E-state index contributed by atoms with van der Waals surface area (Å²) in [6.07, 6.45) is 0.835. The van der Waals surface area contributed by atoms with E-state index >= 15 is 0 Å². The number of hydrogen-bond acceptors (Lipinski definition) is 2. The van der Waals surface area contributed by atoms with Crippen molar-refractivity contribution in [1.82, 2.24) is 4.90 Å². The van der Waals surface area contributed by atoms with Gasteiger partial charge in [0.15, 0.2) is 8.32 Å². The van der Waals surface area contributed by atoms with Crippen LogP contribution in [0.15, 0.2) is 0 Å². The molecule has 96 valence electrons. The lowest BCUT2D eigenvalue weighted by Gasteiger charge is -2.36. The number of halogens is 1. The van der Waals surface area contributed by atoms with E-state index in [4.69, 9.17) is 16.0 Å². The van der Waals surface area contributed by atoms with Crippen LogP contribution in [-0.2, 0) is 4.43 Å². The predicted octanol–water partition coefficient (Wildman–Crippen LogP) is 3.69. The molecular weight excluding hydrogens is 242 g/mol. The van der Waals surface area contributed by atoms with Crippen molar-refractivity contribution in [1.29, 1.82) is 0 Å². The van der Waals surface area contributed by atoms with E-state index in [1.807, 2.05) is 0 Å². The smallest absolute Gasteiger partial charge is 0.316 e. The van der Waals surface area contributed by atoms with Gasteiger partial charge in [-0.25, -0.2) is 0 Å². The van der Waals surface area contributed by atoms with Crippen molar-refractivity contribution in [2.24, 2.45) is 0 Å². The minimum atomic E-state index is -1.64. The molecule has 0 saturated carbocycles. The highest BCUT2D eigenvalue weighted by Gasteiger charge is 2.36. The lowest BCUT2D eigenvalue weighted by Crippen LogP contribution is -2.41. The highest BCUT2D eigenvalue weighted by atomic mass is 35.5. The van der Waals surface area contributed by atoms with Crippen molar-refractivity contribution in [2.45, 2.75) is 45.3 Å². The number of rotatable bonds is 5. The van der Waals surface area contributed by atoms with E-state index < -0.39 is 13.7 Å². The second kappa shape index (κ2) is 6.03. The van der Waals surface area contributed by atoms with Crippen LogP contribution in [0.5, 0.6) is 0 Å². The van der Waals surface area contributed by atoms with Crippen LogP contribution in [0, 0.1) is 0 Å². The molecule has 0 aliphatic rings. The van der Waals surface area contributed by atoms with Gasteiger partial charge in [-0.1, -0.05) is 20.8 Å². The van der Waals surface area contributed by atoms with Crippen molar-refractivity contribution in [2.75, 3.05) is 20.2 Å². The molecule has 0 rings (SSSR count). The van der Waals surface area contributed by atoms with Crippen LogP contribution in [0.1, 0.15) is 27.2 Å². The maximum Gasteiger partial charge on any atom is 0.316 e. The molecule has 0 aromatic heterocycles. The molecule has 0 heterocycles. The Labute approximate surface area is 105 Å². The summed E-state index contributed by atoms with van der Waals surface area (Å²) in [7, 11) is 0.0556. The molecule has 0 saturated heterocycles. The zero-order valence-electron chi connectivity index (χ0n) is 11.3. The molecule has 0 N–H and O–H groups in total. The van der Waals surface area contributed by atoms with Gasteiger partial charge >= 0.3 is 5.37 Å². The standard InChI is InChI=1S/C11H24ClNO2Si/c1-11(2,3)16(5,6)15-9-7-8-13(4)10(12)14/h7-9H2,1-6H3. The molecule has 5 heteroatoms. The van der Waals surface area contributed by atoms with Gasteiger partial charge in [-0.2, -0.15) is 0 Å². The van der Waals surface area contributed by atoms with Gasteiger partial charge in [-0.05, 0) is 36.2 Å². The average molecular weight is 266 g/mol. The van der Waals surface area contributed by atoms with Gasteiger partial charge in [0.2, 0.25) is 0 Å². The lowest BCUT2D eigenvalue weighted by molar-refractivity contribution is 0.222. The van der Waals surface area contributed by atoms with Crippen molar-refractivity contribution in [3.05, 3.63) is 0 Å². The first kappa shape index (κ1) is 15.9. The third-order valence-electron chi connectivity index (χ3n) is 3.21. The van der Waals surface area contributed by atoms with E-state index in [-0.39, 0.29) is 5.04 Å². The first-order chi connectivity index (χ1) is 7.08. The Morgan fingerprint density at radius 1 is 1.38 bits per heavy atom. The van der Waals surface area contributed by atoms with Crippen LogP contribution in [0.25, 0.3) is 0 Å². The summed E-state index contributed by atoms with van der Waals surface area (Å²) in [4.78, 5) is 12.2. The van der Waals surface area contributed by atoms with E-state index in [1.54, 1.807) is 7.05 Å². The first-order valence-electron chi connectivity index (χ1n) is 5.62. The molecule has 0 bridgehead atoms. The Hall–Kier alpha value is -0.0631. The molecule has 0 aliphatic heterocycles. The molecule has 0 fully saturated rings. The summed E-state index contributed by atoms with van der Waals surface area (Å²) >= 11 is 5.32. The van der Waals surface area contributed by atoms with Gasteiger partial charge in [0.1, 0.15) is 0 Å². The summed E-state index contributed by atoms with van der Waals surface area (Å²) in [5.74, 6) is 0. The fraction of sp³-hybridized carbons (Fsp3) is 0.909. The second-order valence-corrected chi connectivity index (χ2v) is 10.8. The second-order valence-electron chi connectivity index (χ2n) is 5.64. The van der Waals surface area contributed by atoms with Crippen LogP contribution in [-0.4, -0.2) is 38.8 Å². The van der Waals surface area contributed by atoms with E-state index in [1.165, 1.54) is 4.90 Å². The quantitative estimate of drug-likeness (QED) is 0.328. The molecule has 3 nitrogen and oxygen atoms in total. The number of nitrogens with zero attached hydrogens (tertiary/aromatic N) is 1. The fourth-order valence-corrected chi connectivity index (χ4v) is 2.11. The topological polar surface area (TPSA) is 29.5 Å².